The van der Waals surface area contributed by atoms with Crippen LogP contribution < -0.4 is 10.1 Å². The van der Waals surface area contributed by atoms with Crippen molar-refractivity contribution in [1.82, 2.24) is 5.32 Å². The second kappa shape index (κ2) is 5.66. The number of hydrogen-bond donors (Lipinski definition) is 1. The van der Waals surface area contributed by atoms with Gasteiger partial charge in [0, 0.05) is 12.6 Å². The molecule has 0 spiro atoms. The van der Waals surface area contributed by atoms with Crippen molar-refractivity contribution in [1.29, 1.82) is 0 Å². The molecule has 4 nitrogen and oxygen atoms in total. The molecule has 1 aromatic rings. The summed E-state index contributed by atoms with van der Waals surface area (Å²) >= 11 is 3.50. The Morgan fingerprint density at radius 3 is 2.70 bits per heavy atom. The van der Waals surface area contributed by atoms with Gasteiger partial charge in [-0.05, 0) is 52.9 Å². The van der Waals surface area contributed by atoms with Crippen LogP contribution in [0.4, 0.5) is 0 Å². The molecule has 1 saturated carbocycles. The molecule has 1 N–H and O–H groups in total. The molecule has 1 aliphatic carbocycles. The molecule has 1 saturated heterocycles. The van der Waals surface area contributed by atoms with Gasteiger partial charge in [0.05, 0.1) is 16.0 Å². The van der Waals surface area contributed by atoms with E-state index in [1.807, 2.05) is 18.2 Å². The van der Waals surface area contributed by atoms with Crippen LogP contribution in [0.2, 0.25) is 0 Å². The Balaban J connectivity index is 1.61. The molecule has 2 fully saturated rings. The molecule has 110 valence electrons. The summed E-state index contributed by atoms with van der Waals surface area (Å²) in [5.74, 6) is 1.09. The topological polar surface area (TPSA) is 55.4 Å². The van der Waals surface area contributed by atoms with E-state index in [0.717, 1.165) is 16.8 Å². The first-order valence-electron chi connectivity index (χ1n) is 6.91. The maximum Gasteiger partial charge on any atom is 0.154 e. The lowest BCUT2D eigenvalue weighted by atomic mass is 10.2. The predicted octanol–water partition coefficient (Wildman–Crippen LogP) is 2.27. The SMILES string of the molecule is O=S1(=O)CCC(Oc2ccc(CNC3CC3)cc2Br)C1. The molecule has 1 unspecified atom stereocenters. The summed E-state index contributed by atoms with van der Waals surface area (Å²) in [6.45, 7) is 0.862. The summed E-state index contributed by atoms with van der Waals surface area (Å²) in [7, 11) is -2.90. The third kappa shape index (κ3) is 3.74. The first kappa shape index (κ1) is 14.4. The van der Waals surface area contributed by atoms with Crippen LogP contribution in [0.15, 0.2) is 22.7 Å². The van der Waals surface area contributed by atoms with Gasteiger partial charge in [0.2, 0.25) is 0 Å². The van der Waals surface area contributed by atoms with Crippen LogP contribution in [-0.2, 0) is 16.4 Å². The van der Waals surface area contributed by atoms with Gasteiger partial charge in [-0.2, -0.15) is 0 Å². The van der Waals surface area contributed by atoms with Crippen molar-refractivity contribution < 1.29 is 13.2 Å². The highest BCUT2D eigenvalue weighted by atomic mass is 79.9. The molecule has 6 heteroatoms. The van der Waals surface area contributed by atoms with Gasteiger partial charge >= 0.3 is 0 Å². The minimum atomic E-state index is -2.90. The molecule has 20 heavy (non-hydrogen) atoms. The number of sulfone groups is 1. The first-order valence-corrected chi connectivity index (χ1v) is 9.52. The number of ether oxygens (including phenoxy) is 1. The number of halogens is 1. The number of rotatable bonds is 5. The molecule has 2 aliphatic rings. The van der Waals surface area contributed by atoms with Crippen LogP contribution in [0, 0.1) is 0 Å². The summed E-state index contributed by atoms with van der Waals surface area (Å²) in [6, 6.07) is 6.67. The van der Waals surface area contributed by atoms with E-state index in [2.05, 4.69) is 21.2 Å². The Labute approximate surface area is 127 Å². The zero-order valence-corrected chi connectivity index (χ0v) is 13.5. The van der Waals surface area contributed by atoms with Crippen LogP contribution in [-0.4, -0.2) is 32.1 Å². The monoisotopic (exact) mass is 359 g/mol. The van der Waals surface area contributed by atoms with Crippen LogP contribution in [0.25, 0.3) is 0 Å². The second-order valence-electron chi connectivity index (χ2n) is 5.56. The van der Waals surface area contributed by atoms with Gasteiger partial charge in [-0.1, -0.05) is 6.07 Å². The van der Waals surface area contributed by atoms with Crippen molar-refractivity contribution in [3.8, 4) is 5.75 Å². The molecular formula is C14H18BrNO3S. The summed E-state index contributed by atoms with van der Waals surface area (Å²) < 4.78 is 29.5. The summed E-state index contributed by atoms with van der Waals surface area (Å²) in [5, 5.41) is 3.46. The van der Waals surface area contributed by atoms with Crippen LogP contribution in [0.3, 0.4) is 0 Å². The van der Waals surface area contributed by atoms with Crippen molar-refractivity contribution in [3.05, 3.63) is 28.2 Å². The van der Waals surface area contributed by atoms with Crippen LogP contribution in [0.1, 0.15) is 24.8 Å². The fourth-order valence-corrected chi connectivity index (χ4v) is 4.44. The Bertz CT molecular complexity index is 598. The molecule has 3 rings (SSSR count). The average molecular weight is 360 g/mol. The van der Waals surface area contributed by atoms with Gasteiger partial charge in [-0.15, -0.1) is 0 Å². The Kier molecular flexibility index (Phi) is 4.06. The lowest BCUT2D eigenvalue weighted by Crippen LogP contribution is -2.18. The highest BCUT2D eigenvalue weighted by Crippen LogP contribution is 2.29. The third-order valence-corrected chi connectivity index (χ3v) is 6.01. The van der Waals surface area contributed by atoms with Gasteiger partial charge in [-0.3, -0.25) is 0 Å². The largest absolute Gasteiger partial charge is 0.488 e. The van der Waals surface area contributed by atoms with E-state index in [9.17, 15) is 8.42 Å². The quantitative estimate of drug-likeness (QED) is 0.875. The molecule has 0 bridgehead atoms. The highest BCUT2D eigenvalue weighted by molar-refractivity contribution is 9.10. The lowest BCUT2D eigenvalue weighted by molar-refractivity contribution is 0.227. The van der Waals surface area contributed by atoms with E-state index in [1.54, 1.807) is 0 Å². The van der Waals surface area contributed by atoms with E-state index in [0.29, 0.717) is 12.5 Å². The smallest absolute Gasteiger partial charge is 0.154 e. The molecule has 1 aromatic carbocycles. The molecule has 1 atom stereocenters. The minimum absolute atomic E-state index is 0.129. The Morgan fingerprint density at radius 1 is 1.30 bits per heavy atom. The van der Waals surface area contributed by atoms with Gasteiger partial charge < -0.3 is 10.1 Å². The average Bonchev–Trinajstić information content (AvgIpc) is 3.15. The molecule has 0 aromatic heterocycles. The maximum absolute atomic E-state index is 11.4. The molecule has 0 radical (unpaired) electrons. The molecule has 0 amide bonds. The van der Waals surface area contributed by atoms with E-state index < -0.39 is 9.84 Å². The molecular weight excluding hydrogens is 342 g/mol. The van der Waals surface area contributed by atoms with Crippen LogP contribution in [0.5, 0.6) is 5.75 Å². The van der Waals surface area contributed by atoms with Gasteiger partial charge in [0.25, 0.3) is 0 Å². The second-order valence-corrected chi connectivity index (χ2v) is 8.65. The Hall–Kier alpha value is -0.590. The highest BCUT2D eigenvalue weighted by Gasteiger charge is 2.29. The van der Waals surface area contributed by atoms with Crippen molar-refractivity contribution in [2.45, 2.75) is 38.0 Å². The third-order valence-electron chi connectivity index (χ3n) is 3.65. The summed E-state index contributed by atoms with van der Waals surface area (Å²) in [4.78, 5) is 0. The fourth-order valence-electron chi connectivity index (χ4n) is 2.33. The van der Waals surface area contributed by atoms with E-state index in [-0.39, 0.29) is 17.6 Å². The number of nitrogens with one attached hydrogen (secondary N) is 1. The zero-order valence-electron chi connectivity index (χ0n) is 11.1. The van der Waals surface area contributed by atoms with Crippen molar-refractivity contribution in [2.75, 3.05) is 11.5 Å². The van der Waals surface area contributed by atoms with Crippen molar-refractivity contribution in [3.63, 3.8) is 0 Å². The zero-order chi connectivity index (χ0) is 14.2. The van der Waals surface area contributed by atoms with E-state index >= 15 is 0 Å². The summed E-state index contributed by atoms with van der Waals surface area (Å²) in [6.07, 6.45) is 2.92. The number of hydrogen-bond acceptors (Lipinski definition) is 4. The summed E-state index contributed by atoms with van der Waals surface area (Å²) in [5.41, 5.74) is 1.20. The number of benzene rings is 1. The van der Waals surface area contributed by atoms with Crippen LogP contribution >= 0.6 is 15.9 Å². The van der Waals surface area contributed by atoms with Gasteiger partial charge in [0.15, 0.2) is 9.84 Å². The van der Waals surface area contributed by atoms with Gasteiger partial charge in [0.1, 0.15) is 11.9 Å². The first-order chi connectivity index (χ1) is 9.52. The van der Waals surface area contributed by atoms with E-state index in [4.69, 9.17) is 4.74 Å². The van der Waals surface area contributed by atoms with Gasteiger partial charge in [-0.25, -0.2) is 8.42 Å². The van der Waals surface area contributed by atoms with E-state index in [1.165, 1.54) is 18.4 Å². The normalized spacial score (nSPS) is 24.8. The van der Waals surface area contributed by atoms with Crippen molar-refractivity contribution >= 4 is 25.8 Å². The standard InChI is InChI=1S/C14H18BrNO3S/c15-13-7-10(8-16-11-2-3-11)1-4-14(13)19-12-5-6-20(17,18)9-12/h1,4,7,11-12,16H,2-3,5-6,8-9H2. The lowest BCUT2D eigenvalue weighted by Gasteiger charge is -2.14. The Morgan fingerprint density at radius 2 is 2.10 bits per heavy atom. The minimum Gasteiger partial charge on any atom is -0.488 e. The van der Waals surface area contributed by atoms with Crippen molar-refractivity contribution in [2.24, 2.45) is 0 Å². The fraction of sp³-hybridized carbons (Fsp3) is 0.571. The maximum atomic E-state index is 11.4. The predicted molar refractivity (Wildman–Crippen MR) is 81.7 cm³/mol. The molecule has 1 heterocycles. The molecule has 1 aliphatic heterocycles.